The van der Waals surface area contributed by atoms with Gasteiger partial charge in [0.05, 0.1) is 27.7 Å². The van der Waals surface area contributed by atoms with Crippen LogP contribution in [-0.4, -0.2) is 70.0 Å². The monoisotopic (exact) mass is 1360 g/mol. The van der Waals surface area contributed by atoms with Crippen LogP contribution in [0.15, 0.2) is 48.6 Å². The van der Waals surface area contributed by atoms with Gasteiger partial charge in [0.1, 0.15) is 19.8 Å². The van der Waals surface area contributed by atoms with Gasteiger partial charge in [-0.25, -0.2) is 0 Å². The third kappa shape index (κ3) is 80.8. The first kappa shape index (κ1) is 93.0. The Morgan fingerprint density at radius 1 is 0.337 bits per heavy atom. The van der Waals surface area contributed by atoms with Gasteiger partial charge in [-0.15, -0.1) is 0 Å². The van der Waals surface area contributed by atoms with E-state index in [1.807, 2.05) is 21.1 Å². The van der Waals surface area contributed by atoms with Crippen molar-refractivity contribution in [2.45, 2.75) is 437 Å². The summed E-state index contributed by atoms with van der Waals surface area (Å²) in [4.78, 5) is 38.2. The number of likely N-dealkylation sites (N-methyl/N-ethyl adjacent to an activating group) is 1. The highest BCUT2D eigenvalue weighted by Crippen LogP contribution is 2.38. The van der Waals surface area contributed by atoms with E-state index in [4.69, 9.17) is 18.5 Å². The van der Waals surface area contributed by atoms with Gasteiger partial charge in [-0.3, -0.25) is 14.2 Å². The van der Waals surface area contributed by atoms with Crippen LogP contribution >= 0.6 is 7.82 Å². The van der Waals surface area contributed by atoms with Gasteiger partial charge >= 0.3 is 11.9 Å². The minimum Gasteiger partial charge on any atom is -0.756 e. The van der Waals surface area contributed by atoms with Gasteiger partial charge in [-0.1, -0.05) is 416 Å². The SMILES string of the molecule is CC/C=C\C/C=C\C/C=C\C/C=C\CCCCCCCCCCCCCCCCCCCCCCCCCCC(=O)OC(COC(=O)CCCCCCCCCCCCCCCCCCCCCCCCCCCCCCCCCCCC)COP(=O)([O-])OCC[N+](C)(C)C. The zero-order valence-electron chi connectivity index (χ0n) is 64.1. The van der Waals surface area contributed by atoms with Gasteiger partial charge < -0.3 is 27.9 Å². The third-order valence-corrected chi connectivity index (χ3v) is 20.1. The van der Waals surface area contributed by atoms with Crippen LogP contribution in [0.25, 0.3) is 0 Å². The number of nitrogens with zero attached hydrogens (tertiary/aromatic N) is 1. The molecular formula is C85H162NO8P. The molecule has 0 bridgehead atoms. The van der Waals surface area contributed by atoms with Crippen molar-refractivity contribution < 1.29 is 42.1 Å². The maximum atomic E-state index is 12.9. The summed E-state index contributed by atoms with van der Waals surface area (Å²) in [7, 11) is 1.19. The van der Waals surface area contributed by atoms with Gasteiger partial charge in [0, 0.05) is 12.8 Å². The predicted molar refractivity (Wildman–Crippen MR) is 411 cm³/mol. The first-order valence-electron chi connectivity index (χ1n) is 41.8. The quantitative estimate of drug-likeness (QED) is 0.0195. The van der Waals surface area contributed by atoms with Crippen molar-refractivity contribution in [3.8, 4) is 0 Å². The van der Waals surface area contributed by atoms with Crippen molar-refractivity contribution >= 4 is 19.8 Å². The summed E-state index contributed by atoms with van der Waals surface area (Å²) in [6.07, 6.45) is 101. The van der Waals surface area contributed by atoms with E-state index in [-0.39, 0.29) is 32.0 Å². The third-order valence-electron chi connectivity index (χ3n) is 19.1. The number of unbranched alkanes of at least 4 members (excludes halogenated alkanes) is 57. The number of carbonyl (C=O) groups excluding carboxylic acids is 2. The number of hydrogen-bond donors (Lipinski definition) is 0. The second kappa shape index (κ2) is 76.2. The summed E-state index contributed by atoms with van der Waals surface area (Å²) in [5.41, 5.74) is 0. The average Bonchev–Trinajstić information content (AvgIpc) is 1.80. The van der Waals surface area contributed by atoms with E-state index in [9.17, 15) is 19.0 Å². The molecular weight excluding hydrogens is 1190 g/mol. The van der Waals surface area contributed by atoms with Gasteiger partial charge in [0.25, 0.3) is 7.82 Å². The number of esters is 2. The number of rotatable bonds is 79. The molecule has 0 aliphatic carbocycles. The molecule has 0 aromatic heterocycles. The fourth-order valence-electron chi connectivity index (χ4n) is 12.8. The average molecular weight is 1360 g/mol. The molecule has 0 aliphatic rings. The second-order valence-electron chi connectivity index (χ2n) is 29.8. The van der Waals surface area contributed by atoms with Crippen molar-refractivity contribution in [1.82, 2.24) is 0 Å². The summed E-state index contributed by atoms with van der Waals surface area (Å²) in [6.45, 7) is 4.22. The zero-order chi connectivity index (χ0) is 69.0. The lowest BCUT2D eigenvalue weighted by atomic mass is 10.0. The summed E-state index contributed by atoms with van der Waals surface area (Å²) in [5, 5.41) is 0. The van der Waals surface area contributed by atoms with Crippen LogP contribution in [0, 0.1) is 0 Å². The zero-order valence-corrected chi connectivity index (χ0v) is 65.0. The highest BCUT2D eigenvalue weighted by atomic mass is 31.2. The summed E-state index contributed by atoms with van der Waals surface area (Å²) in [6, 6.07) is 0. The lowest BCUT2D eigenvalue weighted by Gasteiger charge is -2.28. The molecule has 0 N–H and O–H groups in total. The number of allylic oxidation sites excluding steroid dienone is 8. The molecule has 0 amide bonds. The Hall–Kier alpha value is -2.03. The predicted octanol–water partition coefficient (Wildman–Crippen LogP) is 27.3. The molecule has 0 aromatic rings. The molecule has 0 spiro atoms. The fraction of sp³-hybridized carbons (Fsp3) is 0.882. The number of carbonyl (C=O) groups is 2. The summed E-state index contributed by atoms with van der Waals surface area (Å²) < 4.78 is 34.5. The number of hydrogen-bond acceptors (Lipinski definition) is 8. The molecule has 0 saturated heterocycles. The molecule has 2 unspecified atom stereocenters. The maximum absolute atomic E-state index is 12.9. The first-order chi connectivity index (χ1) is 46.5. The number of ether oxygens (including phenoxy) is 2. The number of quaternary nitrogens is 1. The van der Waals surface area contributed by atoms with Crippen molar-refractivity contribution in [3.05, 3.63) is 48.6 Å². The molecule has 0 fully saturated rings. The highest BCUT2D eigenvalue weighted by Gasteiger charge is 2.22. The Kier molecular flexibility index (Phi) is 74.5. The molecule has 0 aliphatic heterocycles. The van der Waals surface area contributed by atoms with E-state index in [2.05, 4.69) is 62.5 Å². The maximum Gasteiger partial charge on any atom is 0.306 e. The van der Waals surface area contributed by atoms with Crippen molar-refractivity contribution in [2.24, 2.45) is 0 Å². The van der Waals surface area contributed by atoms with Gasteiger partial charge in [-0.2, -0.15) is 0 Å². The molecule has 0 rings (SSSR count). The fourth-order valence-corrected chi connectivity index (χ4v) is 13.5. The molecule has 10 heteroatoms. The summed E-state index contributed by atoms with van der Waals surface area (Å²) in [5.74, 6) is -0.805. The van der Waals surface area contributed by atoms with Crippen LogP contribution in [0.5, 0.6) is 0 Å². The van der Waals surface area contributed by atoms with Crippen LogP contribution in [0.4, 0.5) is 0 Å². The molecule has 0 saturated carbocycles. The first-order valence-corrected chi connectivity index (χ1v) is 43.3. The molecule has 95 heavy (non-hydrogen) atoms. The van der Waals surface area contributed by atoms with Gasteiger partial charge in [0.2, 0.25) is 0 Å². The Morgan fingerprint density at radius 3 is 0.895 bits per heavy atom. The van der Waals surface area contributed by atoms with E-state index < -0.39 is 26.5 Å². The van der Waals surface area contributed by atoms with Crippen LogP contribution in [0.1, 0.15) is 431 Å². The minimum atomic E-state index is -4.64. The topological polar surface area (TPSA) is 111 Å². The standard InChI is InChI=1S/C85H162NO8P/c1-6-8-10-12-14-16-18-20-22-24-26-28-30-32-34-36-38-40-42-43-44-46-48-50-52-54-56-58-60-62-64-66-68-70-72-74-76-78-85(88)94-83(82-93-95(89,90)92-80-79-86(3,4)5)81-91-84(87)77-75-73-71-69-67-65-63-61-59-57-55-53-51-49-47-45-41-39-37-35-33-31-29-27-25-23-21-19-17-15-13-11-9-7-2/h8,10,14,16,20,22,26,28,83H,6-7,9,11-13,15,17-19,21,23-25,27,29-82H2,1-5H3/b10-8-,16-14-,22-20-,28-26-. The van der Waals surface area contributed by atoms with Crippen molar-refractivity contribution in [2.75, 3.05) is 47.5 Å². The van der Waals surface area contributed by atoms with Crippen LogP contribution < -0.4 is 4.89 Å². The minimum absolute atomic E-state index is 0.0271. The van der Waals surface area contributed by atoms with E-state index in [0.29, 0.717) is 17.4 Å². The van der Waals surface area contributed by atoms with Crippen LogP contribution in [0.2, 0.25) is 0 Å². The van der Waals surface area contributed by atoms with E-state index in [0.717, 1.165) is 57.8 Å². The van der Waals surface area contributed by atoms with Crippen LogP contribution in [-0.2, 0) is 32.7 Å². The van der Waals surface area contributed by atoms with E-state index >= 15 is 0 Å². The van der Waals surface area contributed by atoms with E-state index in [1.54, 1.807) is 0 Å². The molecule has 2 atom stereocenters. The van der Waals surface area contributed by atoms with Crippen molar-refractivity contribution in [1.29, 1.82) is 0 Å². The Balaban J connectivity index is 3.87. The Morgan fingerprint density at radius 2 is 0.600 bits per heavy atom. The summed E-state index contributed by atoms with van der Waals surface area (Å²) >= 11 is 0. The molecule has 0 aromatic carbocycles. The van der Waals surface area contributed by atoms with Gasteiger partial charge in [0.15, 0.2) is 6.10 Å². The lowest BCUT2D eigenvalue weighted by Crippen LogP contribution is -2.37. The van der Waals surface area contributed by atoms with Crippen molar-refractivity contribution in [3.63, 3.8) is 0 Å². The second-order valence-corrected chi connectivity index (χ2v) is 31.2. The molecule has 9 nitrogen and oxygen atoms in total. The normalized spacial score (nSPS) is 13.2. The largest absolute Gasteiger partial charge is 0.756 e. The Bertz CT molecular complexity index is 1740. The highest BCUT2D eigenvalue weighted by molar-refractivity contribution is 7.45. The smallest absolute Gasteiger partial charge is 0.306 e. The lowest BCUT2D eigenvalue weighted by molar-refractivity contribution is -0.870. The van der Waals surface area contributed by atoms with Crippen LogP contribution in [0.3, 0.4) is 0 Å². The Labute approximate surface area is 592 Å². The molecule has 560 valence electrons. The van der Waals surface area contributed by atoms with Gasteiger partial charge in [-0.05, 0) is 51.4 Å². The number of phosphoric acid groups is 1. The number of phosphoric ester groups is 1. The molecule has 0 heterocycles. The van der Waals surface area contributed by atoms with E-state index in [1.165, 1.54) is 340 Å². The molecule has 0 radical (unpaired) electrons.